The Bertz CT molecular complexity index is 1020. The van der Waals surface area contributed by atoms with Crippen LogP contribution in [-0.2, 0) is 18.4 Å². The van der Waals surface area contributed by atoms with E-state index in [9.17, 15) is 4.79 Å². The molecule has 2 aromatic carbocycles. The highest BCUT2D eigenvalue weighted by Gasteiger charge is 2.39. The van der Waals surface area contributed by atoms with Crippen LogP contribution in [0.4, 0.5) is 0 Å². The summed E-state index contributed by atoms with van der Waals surface area (Å²) >= 11 is 0. The molecule has 5 heteroatoms. The van der Waals surface area contributed by atoms with Crippen LogP contribution in [0.2, 0.25) is 0 Å². The molecule has 1 amide bonds. The number of amides is 1. The molecule has 0 spiro atoms. The lowest BCUT2D eigenvalue weighted by molar-refractivity contribution is -0.139. The van der Waals surface area contributed by atoms with Crippen molar-refractivity contribution in [2.24, 2.45) is 13.0 Å². The van der Waals surface area contributed by atoms with Gasteiger partial charge in [-0.2, -0.15) is 5.10 Å². The molecule has 5 rings (SSSR count). The lowest BCUT2D eigenvalue weighted by atomic mass is 9.84. The van der Waals surface area contributed by atoms with Gasteiger partial charge in [0.05, 0.1) is 12.1 Å². The number of aryl methyl sites for hydroxylation is 1. The minimum Gasteiger partial charge on any atom is -0.439 e. The zero-order chi connectivity index (χ0) is 20.5. The maximum atomic E-state index is 13.2. The van der Waals surface area contributed by atoms with E-state index in [-0.39, 0.29) is 5.92 Å². The van der Waals surface area contributed by atoms with Crippen molar-refractivity contribution >= 4 is 5.91 Å². The molecule has 2 saturated carbocycles. The van der Waals surface area contributed by atoms with Gasteiger partial charge in [0, 0.05) is 24.6 Å². The molecule has 0 N–H and O–H groups in total. The molecule has 0 saturated heterocycles. The monoisotopic (exact) mass is 401 g/mol. The number of aromatic nitrogens is 2. The van der Waals surface area contributed by atoms with Gasteiger partial charge in [-0.25, -0.2) is 4.68 Å². The highest BCUT2D eigenvalue weighted by molar-refractivity contribution is 5.80. The van der Waals surface area contributed by atoms with Crippen LogP contribution in [0.25, 0.3) is 11.3 Å². The summed E-state index contributed by atoms with van der Waals surface area (Å²) in [7, 11) is 1.91. The van der Waals surface area contributed by atoms with Crippen molar-refractivity contribution in [1.82, 2.24) is 14.7 Å². The molecular weight excluding hydrogens is 374 g/mol. The first-order chi connectivity index (χ1) is 14.7. The zero-order valence-electron chi connectivity index (χ0n) is 17.3. The van der Waals surface area contributed by atoms with E-state index in [0.29, 0.717) is 24.4 Å². The smallest absolute Gasteiger partial charge is 0.226 e. The standard InChI is InChI=1S/C25H27N3O2/c1-27-25(30-21-13-6-3-7-14-21)22(23(26-27)18-9-4-2-5-10-18)17-28(20-15-16-20)24(29)19-11-8-12-19/h2-7,9-10,13-14,19-20H,8,11-12,15-17H2,1H3. The van der Waals surface area contributed by atoms with Crippen LogP contribution < -0.4 is 4.74 Å². The first-order valence-electron chi connectivity index (χ1n) is 10.9. The normalized spacial score (nSPS) is 16.2. The Hall–Kier alpha value is -3.08. The summed E-state index contributed by atoms with van der Waals surface area (Å²) in [5.74, 6) is 1.97. The van der Waals surface area contributed by atoms with E-state index >= 15 is 0 Å². The fourth-order valence-electron chi connectivity index (χ4n) is 4.08. The van der Waals surface area contributed by atoms with E-state index < -0.39 is 0 Å². The molecule has 1 heterocycles. The molecule has 0 unspecified atom stereocenters. The summed E-state index contributed by atoms with van der Waals surface area (Å²) in [6.45, 7) is 0.542. The maximum Gasteiger partial charge on any atom is 0.226 e. The third-order valence-corrected chi connectivity index (χ3v) is 6.15. The Labute approximate surface area is 177 Å². The summed E-state index contributed by atoms with van der Waals surface area (Å²) in [5.41, 5.74) is 2.90. The molecule has 2 aliphatic carbocycles. The first kappa shape index (κ1) is 18.9. The fraction of sp³-hybridized carbons (Fsp3) is 0.360. The van der Waals surface area contributed by atoms with Crippen molar-refractivity contribution in [3.05, 3.63) is 66.2 Å². The van der Waals surface area contributed by atoms with Crippen molar-refractivity contribution in [1.29, 1.82) is 0 Å². The molecule has 5 nitrogen and oxygen atoms in total. The number of ether oxygens (including phenoxy) is 1. The van der Waals surface area contributed by atoms with E-state index in [1.807, 2.05) is 55.6 Å². The van der Waals surface area contributed by atoms with Crippen molar-refractivity contribution in [2.75, 3.05) is 0 Å². The molecule has 154 valence electrons. The number of benzene rings is 2. The van der Waals surface area contributed by atoms with Gasteiger partial charge in [-0.1, -0.05) is 55.0 Å². The Morgan fingerprint density at radius 3 is 2.30 bits per heavy atom. The Kier molecular flexibility index (Phi) is 5.03. The van der Waals surface area contributed by atoms with Crippen LogP contribution in [0.5, 0.6) is 11.6 Å². The highest BCUT2D eigenvalue weighted by Crippen LogP contribution is 2.39. The zero-order valence-corrected chi connectivity index (χ0v) is 17.3. The number of hydrogen-bond donors (Lipinski definition) is 0. The van der Waals surface area contributed by atoms with E-state index in [4.69, 9.17) is 9.84 Å². The van der Waals surface area contributed by atoms with E-state index in [0.717, 1.165) is 48.3 Å². The van der Waals surface area contributed by atoms with Gasteiger partial charge < -0.3 is 9.64 Å². The molecule has 0 radical (unpaired) electrons. The summed E-state index contributed by atoms with van der Waals surface area (Å²) in [6.07, 6.45) is 5.39. The predicted molar refractivity (Wildman–Crippen MR) is 116 cm³/mol. The largest absolute Gasteiger partial charge is 0.439 e. The molecule has 2 aliphatic rings. The van der Waals surface area contributed by atoms with Gasteiger partial charge >= 0.3 is 0 Å². The molecule has 0 bridgehead atoms. The van der Waals surface area contributed by atoms with Crippen molar-refractivity contribution < 1.29 is 9.53 Å². The third kappa shape index (κ3) is 3.72. The Balaban J connectivity index is 1.54. The molecule has 0 atom stereocenters. The minimum atomic E-state index is 0.195. The number of carbonyl (C=O) groups excluding carboxylic acids is 1. The van der Waals surface area contributed by atoms with Gasteiger partial charge in [-0.3, -0.25) is 4.79 Å². The molecule has 1 aromatic heterocycles. The van der Waals surface area contributed by atoms with E-state index in [1.165, 1.54) is 6.42 Å². The first-order valence-corrected chi connectivity index (χ1v) is 10.9. The van der Waals surface area contributed by atoms with E-state index in [2.05, 4.69) is 17.0 Å². The average Bonchev–Trinajstić information content (AvgIpc) is 3.52. The topological polar surface area (TPSA) is 47.4 Å². The molecule has 30 heavy (non-hydrogen) atoms. The van der Waals surface area contributed by atoms with Crippen molar-refractivity contribution in [3.8, 4) is 22.9 Å². The van der Waals surface area contributed by atoms with Gasteiger partial charge in [0.15, 0.2) is 0 Å². The van der Waals surface area contributed by atoms with Crippen molar-refractivity contribution in [3.63, 3.8) is 0 Å². The lowest BCUT2D eigenvalue weighted by Crippen LogP contribution is -2.40. The Morgan fingerprint density at radius 2 is 1.70 bits per heavy atom. The predicted octanol–water partition coefficient (Wildman–Crippen LogP) is 5.17. The SMILES string of the molecule is Cn1nc(-c2ccccc2)c(CN(C(=O)C2CCC2)C2CC2)c1Oc1ccccc1. The number of rotatable bonds is 7. The van der Waals surface area contributed by atoms with Crippen LogP contribution in [0.1, 0.15) is 37.7 Å². The number of nitrogens with zero attached hydrogens (tertiary/aromatic N) is 3. The minimum absolute atomic E-state index is 0.195. The second-order valence-electron chi connectivity index (χ2n) is 8.36. The van der Waals surface area contributed by atoms with Crippen LogP contribution >= 0.6 is 0 Å². The van der Waals surface area contributed by atoms with Crippen LogP contribution in [-0.4, -0.2) is 26.6 Å². The molecular formula is C25H27N3O2. The number of carbonyl (C=O) groups is 1. The lowest BCUT2D eigenvalue weighted by Gasteiger charge is -2.32. The van der Waals surface area contributed by atoms with Crippen LogP contribution in [0.15, 0.2) is 60.7 Å². The Morgan fingerprint density at radius 1 is 1.03 bits per heavy atom. The summed E-state index contributed by atoms with van der Waals surface area (Å²) in [4.78, 5) is 15.3. The summed E-state index contributed by atoms with van der Waals surface area (Å²) < 4.78 is 8.08. The average molecular weight is 402 g/mol. The summed E-state index contributed by atoms with van der Waals surface area (Å²) in [6, 6.07) is 20.3. The third-order valence-electron chi connectivity index (χ3n) is 6.15. The summed E-state index contributed by atoms with van der Waals surface area (Å²) in [5, 5.41) is 4.80. The van der Waals surface area contributed by atoms with E-state index in [1.54, 1.807) is 4.68 Å². The fourth-order valence-corrected chi connectivity index (χ4v) is 4.08. The van der Waals surface area contributed by atoms with Gasteiger partial charge in [0.25, 0.3) is 0 Å². The second kappa shape index (κ2) is 7.98. The number of para-hydroxylation sites is 1. The van der Waals surface area contributed by atoms with Gasteiger partial charge in [-0.05, 0) is 37.8 Å². The quantitative estimate of drug-likeness (QED) is 0.549. The van der Waals surface area contributed by atoms with Crippen LogP contribution in [0, 0.1) is 5.92 Å². The van der Waals surface area contributed by atoms with Crippen molar-refractivity contribution in [2.45, 2.75) is 44.7 Å². The number of hydrogen-bond acceptors (Lipinski definition) is 3. The van der Waals surface area contributed by atoms with Crippen LogP contribution in [0.3, 0.4) is 0 Å². The molecule has 3 aromatic rings. The molecule has 0 aliphatic heterocycles. The second-order valence-corrected chi connectivity index (χ2v) is 8.36. The molecule has 2 fully saturated rings. The maximum absolute atomic E-state index is 13.2. The van der Waals surface area contributed by atoms with Gasteiger partial charge in [0.1, 0.15) is 11.4 Å². The highest BCUT2D eigenvalue weighted by atomic mass is 16.5. The van der Waals surface area contributed by atoms with Gasteiger partial charge in [-0.15, -0.1) is 0 Å². The van der Waals surface area contributed by atoms with Gasteiger partial charge in [0.2, 0.25) is 11.8 Å².